The summed E-state index contributed by atoms with van der Waals surface area (Å²) in [5.74, 6) is 0.707. The first-order valence-electron chi connectivity index (χ1n) is 4.26. The molecule has 0 radical (unpaired) electrons. The van der Waals surface area contributed by atoms with Crippen molar-refractivity contribution in [2.45, 2.75) is 32.9 Å². The molecule has 2 unspecified atom stereocenters. The second-order valence-electron chi connectivity index (χ2n) is 3.26. The second-order valence-corrected chi connectivity index (χ2v) is 3.26. The Morgan fingerprint density at radius 2 is 2.08 bits per heavy atom. The minimum Gasteiger partial charge on any atom is -0.387 e. The van der Waals surface area contributed by atoms with Gasteiger partial charge in [-0.3, -0.25) is 0 Å². The third-order valence-corrected chi connectivity index (χ3v) is 1.95. The van der Waals surface area contributed by atoms with Crippen LogP contribution in [0.25, 0.3) is 0 Å². The summed E-state index contributed by atoms with van der Waals surface area (Å²) in [6.45, 7) is 5.41. The van der Waals surface area contributed by atoms with Crippen LogP contribution >= 0.6 is 0 Å². The quantitative estimate of drug-likeness (QED) is 0.695. The molecule has 0 saturated heterocycles. The van der Waals surface area contributed by atoms with Crippen molar-refractivity contribution in [1.82, 2.24) is 9.97 Å². The molecule has 72 valence electrons. The van der Waals surface area contributed by atoms with Gasteiger partial charge in [0.25, 0.3) is 0 Å². The van der Waals surface area contributed by atoms with E-state index in [4.69, 9.17) is 5.73 Å². The Morgan fingerprint density at radius 1 is 1.46 bits per heavy atom. The van der Waals surface area contributed by atoms with Crippen molar-refractivity contribution in [1.29, 1.82) is 0 Å². The number of aromatic nitrogens is 2. The average molecular weight is 181 g/mol. The third kappa shape index (κ3) is 2.23. The summed E-state index contributed by atoms with van der Waals surface area (Å²) in [7, 11) is 0. The van der Waals surface area contributed by atoms with Crippen molar-refractivity contribution in [3.8, 4) is 0 Å². The Balaban J connectivity index is 3.01. The molecule has 0 saturated carbocycles. The molecule has 1 heterocycles. The minimum atomic E-state index is -0.680. The van der Waals surface area contributed by atoms with Crippen molar-refractivity contribution in [2.24, 2.45) is 5.73 Å². The maximum absolute atomic E-state index is 9.66. The Hall–Kier alpha value is -1.00. The zero-order valence-electron chi connectivity index (χ0n) is 8.15. The molecule has 2 atom stereocenters. The zero-order valence-corrected chi connectivity index (χ0v) is 8.15. The molecule has 0 aliphatic carbocycles. The molecule has 4 nitrogen and oxygen atoms in total. The van der Waals surface area contributed by atoms with E-state index >= 15 is 0 Å². The van der Waals surface area contributed by atoms with Crippen molar-refractivity contribution in [3.63, 3.8) is 0 Å². The van der Waals surface area contributed by atoms with Gasteiger partial charge < -0.3 is 10.8 Å². The summed E-state index contributed by atoms with van der Waals surface area (Å²) < 4.78 is 0. The molecule has 0 spiro atoms. The van der Waals surface area contributed by atoms with Crippen LogP contribution in [0.3, 0.4) is 0 Å². The first kappa shape index (κ1) is 10.1. The van der Waals surface area contributed by atoms with E-state index in [2.05, 4.69) is 9.97 Å². The Bertz CT molecular complexity index is 299. The predicted molar refractivity (Wildman–Crippen MR) is 50.1 cm³/mol. The molecule has 0 aromatic carbocycles. The van der Waals surface area contributed by atoms with Gasteiger partial charge in [0.15, 0.2) is 0 Å². The highest BCUT2D eigenvalue weighted by Crippen LogP contribution is 2.16. The van der Waals surface area contributed by atoms with Crippen molar-refractivity contribution in [3.05, 3.63) is 23.3 Å². The molecule has 1 rings (SSSR count). The SMILES string of the molecule is Cc1ncc(C(O)C(C)N)c(C)n1. The van der Waals surface area contributed by atoms with Gasteiger partial charge in [0, 0.05) is 23.5 Å². The fourth-order valence-corrected chi connectivity index (χ4v) is 1.17. The van der Waals surface area contributed by atoms with E-state index < -0.39 is 6.10 Å². The molecule has 3 N–H and O–H groups in total. The number of aryl methyl sites for hydroxylation is 2. The van der Waals surface area contributed by atoms with E-state index in [1.807, 2.05) is 13.8 Å². The summed E-state index contributed by atoms with van der Waals surface area (Å²) in [6, 6.07) is -0.301. The first-order valence-corrected chi connectivity index (χ1v) is 4.26. The molecule has 0 amide bonds. The van der Waals surface area contributed by atoms with Gasteiger partial charge in [0.1, 0.15) is 5.82 Å². The number of aliphatic hydroxyl groups excluding tert-OH is 1. The lowest BCUT2D eigenvalue weighted by molar-refractivity contribution is 0.151. The topological polar surface area (TPSA) is 72.0 Å². The molecule has 0 aliphatic heterocycles. The number of hydrogen-bond donors (Lipinski definition) is 2. The number of nitrogens with zero attached hydrogens (tertiary/aromatic N) is 2. The van der Waals surface area contributed by atoms with E-state index in [-0.39, 0.29) is 6.04 Å². The van der Waals surface area contributed by atoms with Crippen LogP contribution in [0.5, 0.6) is 0 Å². The number of nitrogens with two attached hydrogens (primary N) is 1. The fraction of sp³-hybridized carbons (Fsp3) is 0.556. The van der Waals surface area contributed by atoms with E-state index in [9.17, 15) is 5.11 Å². The lowest BCUT2D eigenvalue weighted by Gasteiger charge is -2.15. The smallest absolute Gasteiger partial charge is 0.125 e. The number of hydrogen-bond acceptors (Lipinski definition) is 4. The van der Waals surface area contributed by atoms with Crippen LogP contribution in [0.1, 0.15) is 30.1 Å². The van der Waals surface area contributed by atoms with Gasteiger partial charge in [0.2, 0.25) is 0 Å². The maximum atomic E-state index is 9.66. The molecule has 0 fully saturated rings. The normalized spacial score (nSPS) is 15.5. The Kier molecular flexibility index (Phi) is 2.95. The highest BCUT2D eigenvalue weighted by molar-refractivity contribution is 5.19. The molecule has 1 aromatic heterocycles. The van der Waals surface area contributed by atoms with Gasteiger partial charge in [-0.15, -0.1) is 0 Å². The Labute approximate surface area is 77.8 Å². The third-order valence-electron chi connectivity index (χ3n) is 1.95. The molecular formula is C9H15N3O. The zero-order chi connectivity index (χ0) is 10.0. The molecule has 13 heavy (non-hydrogen) atoms. The average Bonchev–Trinajstić information content (AvgIpc) is 2.03. The Morgan fingerprint density at radius 3 is 2.54 bits per heavy atom. The highest BCUT2D eigenvalue weighted by atomic mass is 16.3. The molecule has 0 aliphatic rings. The van der Waals surface area contributed by atoms with Crippen molar-refractivity contribution < 1.29 is 5.11 Å². The van der Waals surface area contributed by atoms with E-state index in [1.54, 1.807) is 13.1 Å². The summed E-state index contributed by atoms with van der Waals surface area (Å²) in [4.78, 5) is 8.17. The summed E-state index contributed by atoms with van der Waals surface area (Å²) in [6.07, 6.45) is 0.951. The number of rotatable bonds is 2. The largest absolute Gasteiger partial charge is 0.387 e. The van der Waals surface area contributed by atoms with Gasteiger partial charge in [-0.25, -0.2) is 9.97 Å². The van der Waals surface area contributed by atoms with E-state index in [0.717, 1.165) is 5.69 Å². The van der Waals surface area contributed by atoms with Crippen LogP contribution in [-0.2, 0) is 0 Å². The minimum absolute atomic E-state index is 0.301. The van der Waals surface area contributed by atoms with Crippen LogP contribution in [0, 0.1) is 13.8 Å². The molecule has 0 bridgehead atoms. The lowest BCUT2D eigenvalue weighted by Crippen LogP contribution is -2.25. The lowest BCUT2D eigenvalue weighted by atomic mass is 10.0. The highest BCUT2D eigenvalue weighted by Gasteiger charge is 2.15. The monoisotopic (exact) mass is 181 g/mol. The van der Waals surface area contributed by atoms with E-state index in [0.29, 0.717) is 11.4 Å². The summed E-state index contributed by atoms with van der Waals surface area (Å²) in [5, 5.41) is 9.66. The summed E-state index contributed by atoms with van der Waals surface area (Å²) >= 11 is 0. The molecule has 1 aromatic rings. The second kappa shape index (κ2) is 3.81. The van der Waals surface area contributed by atoms with Gasteiger partial charge >= 0.3 is 0 Å². The standard InChI is InChI=1S/C9H15N3O/c1-5(10)9(13)8-4-11-7(3)12-6(8)2/h4-5,9,13H,10H2,1-3H3. The summed E-state index contributed by atoms with van der Waals surface area (Å²) in [5.41, 5.74) is 7.07. The van der Waals surface area contributed by atoms with Gasteiger partial charge in [-0.2, -0.15) is 0 Å². The van der Waals surface area contributed by atoms with Crippen LogP contribution in [0.2, 0.25) is 0 Å². The van der Waals surface area contributed by atoms with Crippen molar-refractivity contribution >= 4 is 0 Å². The number of aliphatic hydroxyl groups is 1. The maximum Gasteiger partial charge on any atom is 0.125 e. The van der Waals surface area contributed by atoms with Gasteiger partial charge in [0.05, 0.1) is 6.10 Å². The van der Waals surface area contributed by atoms with Gasteiger partial charge in [-0.1, -0.05) is 0 Å². The van der Waals surface area contributed by atoms with Crippen LogP contribution < -0.4 is 5.73 Å². The van der Waals surface area contributed by atoms with Crippen molar-refractivity contribution in [2.75, 3.05) is 0 Å². The van der Waals surface area contributed by atoms with Crippen LogP contribution in [0.15, 0.2) is 6.20 Å². The first-order chi connectivity index (χ1) is 6.02. The predicted octanol–water partition coefficient (Wildman–Crippen LogP) is 0.474. The molecular weight excluding hydrogens is 166 g/mol. The van der Waals surface area contributed by atoms with Gasteiger partial charge in [-0.05, 0) is 20.8 Å². The van der Waals surface area contributed by atoms with Crippen LogP contribution in [-0.4, -0.2) is 21.1 Å². The van der Waals surface area contributed by atoms with Crippen LogP contribution in [0.4, 0.5) is 0 Å². The molecule has 4 heteroatoms. The fourth-order valence-electron chi connectivity index (χ4n) is 1.17. The van der Waals surface area contributed by atoms with E-state index in [1.165, 1.54) is 0 Å².